The molecule has 1 aromatic heterocycles. The van der Waals surface area contributed by atoms with Crippen molar-refractivity contribution >= 4 is 23.8 Å². The van der Waals surface area contributed by atoms with Crippen LogP contribution >= 0.6 is 0 Å². The van der Waals surface area contributed by atoms with E-state index in [1.165, 1.54) is 0 Å². The summed E-state index contributed by atoms with van der Waals surface area (Å²) >= 11 is 0. The number of hydrogen-bond acceptors (Lipinski definition) is 7. The normalized spacial score (nSPS) is 18.9. The van der Waals surface area contributed by atoms with Crippen LogP contribution in [0.15, 0.2) is 36.4 Å². The number of carbonyl (C=O) groups is 3. The summed E-state index contributed by atoms with van der Waals surface area (Å²) in [4.78, 5) is 36.6. The Morgan fingerprint density at radius 2 is 1.95 bits per heavy atom. The second kappa shape index (κ2) is 12.4. The van der Waals surface area contributed by atoms with Gasteiger partial charge in [-0.1, -0.05) is 30.3 Å². The maximum Gasteiger partial charge on any atom is 0.408 e. The number of nitrogens with zero attached hydrogens (tertiary/aromatic N) is 3. The van der Waals surface area contributed by atoms with Crippen LogP contribution in [0.2, 0.25) is 0 Å². The molecule has 2 amide bonds. The SMILES string of the molecule is O=C(NC(CNC(=O)C1CCCn2c(C(F)=CC3CCNCC3)nnc21)C(=O)O)OCc1ccccc1. The molecule has 2 atom stereocenters. The van der Waals surface area contributed by atoms with Gasteiger partial charge in [-0.15, -0.1) is 10.2 Å². The lowest BCUT2D eigenvalue weighted by molar-refractivity contribution is -0.139. The molecule has 4 rings (SSSR count). The molecule has 1 saturated heterocycles. The Labute approximate surface area is 213 Å². The maximum absolute atomic E-state index is 15.0. The third-order valence-electron chi connectivity index (χ3n) is 6.54. The number of fused-ring (bicyclic) bond motifs is 1. The van der Waals surface area contributed by atoms with E-state index in [0.29, 0.717) is 25.2 Å². The second-order valence-corrected chi connectivity index (χ2v) is 9.17. The fourth-order valence-corrected chi connectivity index (χ4v) is 4.53. The van der Waals surface area contributed by atoms with Crippen LogP contribution in [0.5, 0.6) is 0 Å². The third kappa shape index (κ3) is 6.91. The van der Waals surface area contributed by atoms with E-state index >= 15 is 4.39 Å². The number of rotatable bonds is 9. The second-order valence-electron chi connectivity index (χ2n) is 9.17. The summed E-state index contributed by atoms with van der Waals surface area (Å²) in [7, 11) is 0. The molecular weight excluding hydrogens is 483 g/mol. The summed E-state index contributed by atoms with van der Waals surface area (Å²) in [5, 5.41) is 25.7. The van der Waals surface area contributed by atoms with Gasteiger partial charge in [0, 0.05) is 13.1 Å². The quantitative estimate of drug-likeness (QED) is 0.397. The summed E-state index contributed by atoms with van der Waals surface area (Å²) in [5.74, 6) is -2.37. The number of nitrogens with one attached hydrogen (secondary N) is 3. The number of aliphatic carboxylic acids is 1. The molecule has 2 unspecified atom stereocenters. The van der Waals surface area contributed by atoms with E-state index in [4.69, 9.17) is 4.74 Å². The van der Waals surface area contributed by atoms with Crippen LogP contribution in [0.4, 0.5) is 9.18 Å². The van der Waals surface area contributed by atoms with Crippen molar-refractivity contribution in [3.63, 3.8) is 0 Å². The molecule has 0 saturated carbocycles. The molecule has 11 nitrogen and oxygen atoms in total. The maximum atomic E-state index is 15.0. The van der Waals surface area contributed by atoms with E-state index < -0.39 is 35.8 Å². The van der Waals surface area contributed by atoms with Gasteiger partial charge in [-0.25, -0.2) is 14.0 Å². The molecule has 0 bridgehead atoms. The fraction of sp³-hybridized carbons (Fsp3) is 0.480. The minimum atomic E-state index is -1.39. The van der Waals surface area contributed by atoms with Crippen LogP contribution in [-0.2, 0) is 27.5 Å². The Morgan fingerprint density at radius 3 is 2.68 bits per heavy atom. The number of ether oxygens (including phenoxy) is 1. The molecule has 2 aliphatic heterocycles. The van der Waals surface area contributed by atoms with Crippen LogP contribution < -0.4 is 16.0 Å². The highest BCUT2D eigenvalue weighted by atomic mass is 19.1. The first-order valence-electron chi connectivity index (χ1n) is 12.4. The first-order chi connectivity index (χ1) is 17.9. The molecule has 198 valence electrons. The van der Waals surface area contributed by atoms with E-state index in [1.807, 2.05) is 6.07 Å². The number of allylic oxidation sites excluding steroid dienone is 1. The molecule has 0 aliphatic carbocycles. The van der Waals surface area contributed by atoms with Crippen molar-refractivity contribution in [3.05, 3.63) is 53.6 Å². The van der Waals surface area contributed by atoms with Crippen LogP contribution in [0.25, 0.3) is 5.83 Å². The van der Waals surface area contributed by atoms with Crippen molar-refractivity contribution in [2.75, 3.05) is 19.6 Å². The van der Waals surface area contributed by atoms with Gasteiger partial charge in [-0.05, 0) is 56.3 Å². The number of aromatic nitrogens is 3. The Bertz CT molecular complexity index is 1130. The van der Waals surface area contributed by atoms with Crippen molar-refractivity contribution < 1.29 is 28.6 Å². The zero-order chi connectivity index (χ0) is 26.2. The van der Waals surface area contributed by atoms with Gasteiger partial charge in [0.15, 0.2) is 11.7 Å². The number of alkyl carbamates (subject to hydrolysis) is 1. The summed E-state index contributed by atoms with van der Waals surface area (Å²) in [6, 6.07) is 7.55. The van der Waals surface area contributed by atoms with Gasteiger partial charge in [0.25, 0.3) is 0 Å². The highest BCUT2D eigenvalue weighted by Crippen LogP contribution is 2.30. The highest BCUT2D eigenvalue weighted by Gasteiger charge is 2.33. The Morgan fingerprint density at radius 1 is 1.19 bits per heavy atom. The van der Waals surface area contributed by atoms with Crippen molar-refractivity contribution in [3.8, 4) is 0 Å². The van der Waals surface area contributed by atoms with Crippen LogP contribution in [0.3, 0.4) is 0 Å². The van der Waals surface area contributed by atoms with Gasteiger partial charge in [0.2, 0.25) is 5.91 Å². The van der Waals surface area contributed by atoms with Crippen molar-refractivity contribution in [2.45, 2.75) is 50.8 Å². The lowest BCUT2D eigenvalue weighted by Crippen LogP contribution is -2.49. The van der Waals surface area contributed by atoms with Crippen molar-refractivity contribution in [1.29, 1.82) is 0 Å². The Balaban J connectivity index is 1.34. The number of benzene rings is 1. The number of carbonyl (C=O) groups excluding carboxylic acids is 2. The highest BCUT2D eigenvalue weighted by molar-refractivity contribution is 5.85. The molecule has 2 aromatic rings. The van der Waals surface area contributed by atoms with Gasteiger partial charge in [0.05, 0.1) is 5.92 Å². The van der Waals surface area contributed by atoms with Crippen molar-refractivity contribution in [1.82, 2.24) is 30.7 Å². The molecule has 4 N–H and O–H groups in total. The number of carboxylic acids is 1. The molecule has 0 radical (unpaired) electrons. The standard InChI is InChI=1S/C25H31FN6O5/c26-19(13-16-8-10-27-11-9-16)22-31-30-21-18(7-4-12-32(21)22)23(33)28-14-20(24(34)35)29-25(36)37-15-17-5-2-1-3-6-17/h1-3,5-6,13,16,18,20,27H,4,7-12,14-15H2,(H,28,33)(H,29,36)(H,34,35). The molecule has 0 spiro atoms. The molecule has 12 heteroatoms. The average Bonchev–Trinajstić information content (AvgIpc) is 3.35. The summed E-state index contributed by atoms with van der Waals surface area (Å²) < 4.78 is 21.7. The van der Waals surface area contributed by atoms with Gasteiger partial charge < -0.3 is 30.4 Å². The van der Waals surface area contributed by atoms with Gasteiger partial charge in [-0.2, -0.15) is 0 Å². The zero-order valence-electron chi connectivity index (χ0n) is 20.4. The van der Waals surface area contributed by atoms with Gasteiger partial charge >= 0.3 is 12.1 Å². The lowest BCUT2D eigenvalue weighted by atomic mass is 9.96. The summed E-state index contributed by atoms with van der Waals surface area (Å²) in [6.07, 6.45) is 3.44. The number of carboxylic acid groups (broad SMARTS) is 1. The largest absolute Gasteiger partial charge is 0.480 e. The third-order valence-corrected chi connectivity index (χ3v) is 6.54. The fourth-order valence-electron chi connectivity index (χ4n) is 4.53. The van der Waals surface area contributed by atoms with Crippen molar-refractivity contribution in [2.24, 2.45) is 5.92 Å². The van der Waals surface area contributed by atoms with E-state index in [-0.39, 0.29) is 24.9 Å². The summed E-state index contributed by atoms with van der Waals surface area (Å²) in [6.45, 7) is 1.79. The number of piperidine rings is 1. The van der Waals surface area contributed by atoms with Gasteiger partial charge in [0.1, 0.15) is 18.5 Å². The first kappa shape index (κ1) is 26.3. The summed E-state index contributed by atoms with van der Waals surface area (Å²) in [5.41, 5.74) is 0.751. The topological polar surface area (TPSA) is 147 Å². The van der Waals surface area contributed by atoms with E-state index in [2.05, 4.69) is 26.1 Å². The van der Waals surface area contributed by atoms with Crippen LogP contribution in [-0.4, -0.2) is 63.5 Å². The lowest BCUT2D eigenvalue weighted by Gasteiger charge is -2.24. The Hall–Kier alpha value is -3.80. The van der Waals surface area contributed by atoms with E-state index in [0.717, 1.165) is 31.5 Å². The number of halogens is 1. The minimum Gasteiger partial charge on any atom is -0.480 e. The molecular formula is C25H31FN6O5. The van der Waals surface area contributed by atoms with Gasteiger partial charge in [-0.3, -0.25) is 4.79 Å². The molecule has 2 aliphatic rings. The van der Waals surface area contributed by atoms with E-state index in [9.17, 15) is 19.5 Å². The smallest absolute Gasteiger partial charge is 0.408 e. The number of amides is 2. The molecule has 1 fully saturated rings. The molecule has 1 aromatic carbocycles. The van der Waals surface area contributed by atoms with Crippen LogP contribution in [0.1, 0.15) is 48.8 Å². The average molecular weight is 515 g/mol. The predicted molar refractivity (Wildman–Crippen MR) is 131 cm³/mol. The minimum absolute atomic E-state index is 0.0198. The zero-order valence-corrected chi connectivity index (χ0v) is 20.4. The molecule has 37 heavy (non-hydrogen) atoms. The Kier molecular flexibility index (Phi) is 8.83. The number of hydrogen-bond donors (Lipinski definition) is 4. The predicted octanol–water partition coefficient (Wildman–Crippen LogP) is 1.96. The van der Waals surface area contributed by atoms with Crippen LogP contribution in [0, 0.1) is 5.92 Å². The monoisotopic (exact) mass is 514 g/mol. The molecule has 3 heterocycles. The van der Waals surface area contributed by atoms with E-state index in [1.54, 1.807) is 34.9 Å². The first-order valence-corrected chi connectivity index (χ1v) is 12.4.